The quantitative estimate of drug-likeness (QED) is 0.0293. The second-order valence-electron chi connectivity index (χ2n) is 9.07. The number of fused-ring (bicyclic) bond motifs is 1. The normalized spacial score (nSPS) is 18.9. The number of aliphatic carboxylic acids is 2. The molecule has 0 spiro atoms. The Labute approximate surface area is 243 Å². The number of hydrogen-bond acceptors (Lipinski definition) is 16. The highest BCUT2D eigenvalue weighted by Crippen LogP contribution is 2.41. The van der Waals surface area contributed by atoms with Crippen LogP contribution in [0.2, 0.25) is 0 Å². The summed E-state index contributed by atoms with van der Waals surface area (Å²) in [5, 5.41) is 28.6. The molecular weight excluding hydrogens is 600 g/mol. The third kappa shape index (κ3) is 5.93. The molecule has 0 aliphatic carbocycles. The lowest BCUT2D eigenvalue weighted by atomic mass is 10.0. The van der Waals surface area contributed by atoms with Crippen LogP contribution >= 0.6 is 34.9 Å². The van der Waals surface area contributed by atoms with Crippen LogP contribution in [0.1, 0.15) is 19.5 Å². The molecule has 10 N–H and O–H groups in total. The van der Waals surface area contributed by atoms with Gasteiger partial charge in [-0.3, -0.25) is 20.3 Å². The summed E-state index contributed by atoms with van der Waals surface area (Å²) < 4.78 is 1.09. The van der Waals surface area contributed by atoms with Gasteiger partial charge in [-0.1, -0.05) is 10.1 Å². The van der Waals surface area contributed by atoms with E-state index >= 15 is 0 Å². The summed E-state index contributed by atoms with van der Waals surface area (Å²) in [6.07, 6.45) is 0. The van der Waals surface area contributed by atoms with Crippen molar-refractivity contribution in [1.29, 1.82) is 0 Å². The van der Waals surface area contributed by atoms with E-state index in [0.717, 1.165) is 32.7 Å². The molecule has 2 atom stereocenters. The number of anilines is 3. The fourth-order valence-electron chi connectivity index (χ4n) is 3.57. The van der Waals surface area contributed by atoms with Gasteiger partial charge in [0.05, 0.1) is 17.7 Å². The van der Waals surface area contributed by atoms with Crippen LogP contribution in [-0.4, -0.2) is 78.0 Å². The zero-order valence-corrected chi connectivity index (χ0v) is 23.8. The second-order valence-corrected chi connectivity index (χ2v) is 12.0. The summed E-state index contributed by atoms with van der Waals surface area (Å²) in [5.41, 5.74) is 15.0. The summed E-state index contributed by atoms with van der Waals surface area (Å²) in [6.45, 7) is 2.45. The van der Waals surface area contributed by atoms with Crippen molar-refractivity contribution < 1.29 is 38.9 Å². The third-order valence-corrected chi connectivity index (χ3v) is 8.82. The van der Waals surface area contributed by atoms with Gasteiger partial charge in [-0.2, -0.15) is 0 Å². The van der Waals surface area contributed by atoms with Gasteiger partial charge in [0.15, 0.2) is 10.8 Å². The average Bonchev–Trinajstić information content (AvgIpc) is 3.33. The van der Waals surface area contributed by atoms with Gasteiger partial charge in [-0.15, -0.1) is 27.8 Å². The van der Waals surface area contributed by atoms with E-state index in [1.165, 1.54) is 37.1 Å². The average molecular weight is 625 g/mol. The van der Waals surface area contributed by atoms with E-state index in [1.54, 1.807) is 0 Å². The van der Waals surface area contributed by atoms with Crippen LogP contribution in [0.25, 0.3) is 0 Å². The van der Waals surface area contributed by atoms with Crippen molar-refractivity contribution in [1.82, 2.24) is 20.2 Å². The predicted octanol–water partition coefficient (Wildman–Crippen LogP) is -2.93. The molecule has 0 radical (unpaired) electrons. The van der Waals surface area contributed by atoms with E-state index in [0.29, 0.717) is 5.57 Å². The van der Waals surface area contributed by atoms with Crippen molar-refractivity contribution >= 4 is 81.1 Å². The standard InChI is InChI=1S/C21H24N10O7S3/c1-21(2,18(36)37)38-29-11(8-6-40-19(24)26-8)14(32)28-12-15(33)30-13(17(34)35)7(4-39-16(12)30)5-41-20-27-9(22)3-10(23)31(20)25/h3,6,12,16H,4-5,25H2,1-2H3,(H8,22,23,24,26,28,32,34,35,36,37)/b29-11-/t12?,16-/m1/s1. The van der Waals surface area contributed by atoms with Crippen LogP contribution in [0.3, 0.4) is 0 Å². The highest BCUT2D eigenvalue weighted by Gasteiger charge is 2.53. The minimum absolute atomic E-state index is 0.00585. The molecule has 1 fully saturated rings. The Morgan fingerprint density at radius 1 is 1.34 bits per heavy atom. The molecule has 0 saturated carbocycles. The second kappa shape index (κ2) is 11.3. The number of carbonyl (C=O) groups is 4. The van der Waals surface area contributed by atoms with Crippen molar-refractivity contribution in [3.63, 3.8) is 0 Å². The molecule has 4 heterocycles. The number of nitrogens with two attached hydrogens (primary N) is 4. The Bertz CT molecular complexity index is 1510. The molecule has 2 aliphatic heterocycles. The summed E-state index contributed by atoms with van der Waals surface area (Å²) in [7, 11) is 0. The van der Waals surface area contributed by atoms with Crippen molar-refractivity contribution in [2.24, 2.45) is 5.16 Å². The van der Waals surface area contributed by atoms with Crippen LogP contribution in [0.4, 0.5) is 16.8 Å². The number of thiazole rings is 1. The van der Waals surface area contributed by atoms with E-state index in [2.05, 4.69) is 20.4 Å². The molecule has 2 amide bonds. The highest BCUT2D eigenvalue weighted by atomic mass is 32.2. The Kier molecular flexibility index (Phi) is 8.17. The summed E-state index contributed by atoms with van der Waals surface area (Å²) in [5.74, 6) is 1.87. The van der Waals surface area contributed by atoms with E-state index in [1.807, 2.05) is 0 Å². The molecule has 2 aromatic heterocycles. The summed E-state index contributed by atoms with van der Waals surface area (Å²) >= 11 is 3.28. The van der Waals surface area contributed by atoms with Crippen molar-refractivity contribution in [2.45, 2.75) is 36.0 Å². The zero-order valence-electron chi connectivity index (χ0n) is 21.4. The number of β-lactam (4-membered cyclic amide) rings is 1. The van der Waals surface area contributed by atoms with Crippen LogP contribution in [0.5, 0.6) is 0 Å². The number of oxime groups is 1. The first-order chi connectivity index (χ1) is 19.2. The fraction of sp³-hybridized carbons (Fsp3) is 0.333. The van der Waals surface area contributed by atoms with Crippen LogP contribution in [0, 0.1) is 0 Å². The van der Waals surface area contributed by atoms with Crippen molar-refractivity contribution in [3.05, 3.63) is 28.4 Å². The monoisotopic (exact) mass is 624 g/mol. The van der Waals surface area contributed by atoms with Gasteiger partial charge >= 0.3 is 11.1 Å². The number of hydrogen-bond donors (Lipinski definition) is 6. The largest absolute Gasteiger partial charge is 0.543 e. The smallest absolute Gasteiger partial charge is 0.350 e. The van der Waals surface area contributed by atoms with E-state index < -0.39 is 46.5 Å². The molecule has 0 bridgehead atoms. The van der Waals surface area contributed by atoms with Gasteiger partial charge in [-0.25, -0.2) is 9.78 Å². The maximum Gasteiger partial charge on any atom is 0.350 e. The third-order valence-electron chi connectivity index (χ3n) is 5.77. The first-order valence-corrected chi connectivity index (χ1v) is 14.4. The van der Waals surface area contributed by atoms with Gasteiger partial charge in [-0.05, 0) is 31.2 Å². The number of aromatic nitrogens is 3. The molecule has 20 heteroatoms. The zero-order chi connectivity index (χ0) is 30.2. The number of rotatable bonds is 10. The van der Waals surface area contributed by atoms with Gasteiger partial charge < -0.3 is 42.4 Å². The fourth-order valence-corrected chi connectivity index (χ4v) is 6.55. The lowest BCUT2D eigenvalue weighted by molar-refractivity contribution is -0.667. The number of amides is 2. The summed E-state index contributed by atoms with van der Waals surface area (Å²) in [6, 6.07) is 0.231. The number of nitrogens with one attached hydrogen (secondary N) is 1. The topological polar surface area (TPSA) is 282 Å². The number of thioether (sulfide) groups is 2. The Morgan fingerprint density at radius 3 is 2.66 bits per heavy atom. The lowest BCUT2D eigenvalue weighted by Gasteiger charge is -2.50. The molecular formula is C21H24N10O7S3. The molecule has 41 heavy (non-hydrogen) atoms. The summed E-state index contributed by atoms with van der Waals surface area (Å²) in [4.78, 5) is 63.9. The van der Waals surface area contributed by atoms with Crippen molar-refractivity contribution in [2.75, 3.05) is 34.5 Å². The highest BCUT2D eigenvalue weighted by molar-refractivity contribution is 8.01. The van der Waals surface area contributed by atoms with E-state index in [-0.39, 0.29) is 44.8 Å². The number of carboxylic acid groups (broad SMARTS) is 2. The predicted molar refractivity (Wildman–Crippen MR) is 147 cm³/mol. The first kappa shape index (κ1) is 29.7. The number of nitrogen functional groups attached to an aromatic ring is 4. The molecule has 0 aromatic carbocycles. The molecule has 2 aliphatic rings. The molecule has 1 unspecified atom stereocenters. The minimum Gasteiger partial charge on any atom is -0.543 e. The van der Waals surface area contributed by atoms with Crippen LogP contribution < -0.4 is 38.1 Å². The van der Waals surface area contributed by atoms with Crippen LogP contribution in [-0.2, 0) is 24.0 Å². The van der Waals surface area contributed by atoms with E-state index in [4.69, 9.17) is 27.9 Å². The maximum absolute atomic E-state index is 13.2. The van der Waals surface area contributed by atoms with E-state index in [9.17, 15) is 29.4 Å². The molecule has 2 aromatic rings. The lowest BCUT2D eigenvalue weighted by Crippen LogP contribution is -2.71. The van der Waals surface area contributed by atoms with Gasteiger partial charge in [0.2, 0.25) is 17.2 Å². The maximum atomic E-state index is 13.2. The molecule has 17 nitrogen and oxygen atoms in total. The minimum atomic E-state index is -1.78. The number of carbonyl (C=O) groups excluding carboxylic acids is 3. The van der Waals surface area contributed by atoms with Gasteiger partial charge in [0, 0.05) is 16.9 Å². The van der Waals surface area contributed by atoms with Crippen LogP contribution in [0.15, 0.2) is 33.0 Å². The molecule has 1 saturated heterocycles. The molecule has 218 valence electrons. The number of carboxylic acids is 2. The first-order valence-electron chi connectivity index (χ1n) is 11.5. The Hall–Kier alpha value is -4.30. The van der Waals surface area contributed by atoms with Crippen molar-refractivity contribution in [3.8, 4) is 0 Å². The Morgan fingerprint density at radius 2 is 2.05 bits per heavy atom. The molecule has 4 rings (SSSR count). The van der Waals surface area contributed by atoms with Gasteiger partial charge in [0.25, 0.3) is 11.8 Å². The SMILES string of the molecule is CC(C)(O/N=C(\C(=O)NC1C(=O)N2C(C(=O)[O-])=C(CSc3nc(N)cc(N)[n+]3N)CS[C@H]12)c1csc(N)n1)C(=O)O. The number of nitrogens with zero attached hydrogens (tertiary/aromatic N) is 5. The Balaban J connectivity index is 1.53. The van der Waals surface area contributed by atoms with Gasteiger partial charge in [0.1, 0.15) is 17.1 Å².